The topological polar surface area (TPSA) is 105 Å². The van der Waals surface area contributed by atoms with Gasteiger partial charge in [0.1, 0.15) is 17.6 Å². The maximum Gasteiger partial charge on any atom is 0.407 e. The second-order valence-electron chi connectivity index (χ2n) is 8.16. The SMILES string of the molecule is C[C@H](O)c1nccn1Cc1cc(-c2ccc(C#CC3[C@H]4CN(C(=O)O)C[C@@H]34)cc2)on1. The molecule has 1 unspecified atom stereocenters. The molecule has 1 aliphatic carbocycles. The van der Waals surface area contributed by atoms with Crippen LogP contribution in [0.5, 0.6) is 0 Å². The molecule has 5 rings (SSSR count). The molecule has 3 heterocycles. The molecule has 1 saturated carbocycles. The second kappa shape index (κ2) is 7.60. The van der Waals surface area contributed by atoms with E-state index in [1.165, 1.54) is 4.90 Å². The van der Waals surface area contributed by atoms with E-state index < -0.39 is 12.2 Å². The van der Waals surface area contributed by atoms with Crippen LogP contribution in [-0.4, -0.2) is 49.0 Å². The van der Waals surface area contributed by atoms with Gasteiger partial charge in [0.15, 0.2) is 5.76 Å². The smallest absolute Gasteiger partial charge is 0.407 e. The summed E-state index contributed by atoms with van der Waals surface area (Å²) in [6, 6.07) is 9.69. The lowest BCUT2D eigenvalue weighted by molar-refractivity contribution is 0.149. The number of nitrogens with zero attached hydrogens (tertiary/aromatic N) is 4. The Bertz CT molecular complexity index is 1160. The summed E-state index contributed by atoms with van der Waals surface area (Å²) in [5, 5.41) is 22.9. The Morgan fingerprint density at radius 2 is 2.03 bits per heavy atom. The van der Waals surface area contributed by atoms with Crippen LogP contribution in [0.2, 0.25) is 0 Å². The van der Waals surface area contributed by atoms with Crippen LogP contribution >= 0.6 is 0 Å². The fraction of sp³-hybridized carbons (Fsp3) is 0.348. The number of benzene rings is 1. The van der Waals surface area contributed by atoms with Crippen molar-refractivity contribution in [2.45, 2.75) is 19.6 Å². The van der Waals surface area contributed by atoms with Gasteiger partial charge in [-0.3, -0.25) is 0 Å². The van der Waals surface area contributed by atoms with Crippen molar-refractivity contribution in [1.82, 2.24) is 19.6 Å². The molecule has 2 N–H and O–H groups in total. The summed E-state index contributed by atoms with van der Waals surface area (Å²) < 4.78 is 7.33. The van der Waals surface area contributed by atoms with Crippen molar-refractivity contribution in [2.75, 3.05) is 13.1 Å². The Kier molecular flexibility index (Phi) is 4.75. The van der Waals surface area contributed by atoms with Gasteiger partial charge in [0.05, 0.1) is 6.54 Å². The van der Waals surface area contributed by atoms with Gasteiger partial charge in [-0.1, -0.05) is 17.0 Å². The number of hydrogen-bond acceptors (Lipinski definition) is 5. The standard InChI is InChI=1S/C23H22N4O4/c1-14(28)22-24-8-9-26(22)11-17-10-21(31-25-17)16-5-2-15(3-6-16)4-7-18-19-12-27(23(29)30)13-20(18)19/h2-3,5-6,8-10,14,18-20,28H,11-13H2,1H3,(H,29,30)/t14-,18?,19-,20+/m0/s1. The monoisotopic (exact) mass is 418 g/mol. The van der Waals surface area contributed by atoms with Crippen LogP contribution in [0.3, 0.4) is 0 Å². The van der Waals surface area contributed by atoms with E-state index in [1.54, 1.807) is 19.3 Å². The molecule has 2 aromatic heterocycles. The number of aliphatic hydroxyl groups is 1. The number of piperidine rings is 1. The lowest BCUT2D eigenvalue weighted by atomic mass is 10.1. The molecular formula is C23H22N4O4. The third-order valence-electron chi connectivity index (χ3n) is 6.03. The molecule has 8 heteroatoms. The third kappa shape index (κ3) is 3.80. The minimum absolute atomic E-state index is 0.307. The number of carbonyl (C=O) groups is 1. The molecule has 0 bridgehead atoms. The van der Waals surface area contributed by atoms with Crippen molar-refractivity contribution in [3.63, 3.8) is 0 Å². The quantitative estimate of drug-likeness (QED) is 0.632. The van der Waals surface area contributed by atoms with E-state index in [-0.39, 0.29) is 0 Å². The van der Waals surface area contributed by atoms with Gasteiger partial charge in [-0.2, -0.15) is 0 Å². The van der Waals surface area contributed by atoms with Crippen LogP contribution in [0, 0.1) is 29.6 Å². The summed E-state index contributed by atoms with van der Waals surface area (Å²) in [7, 11) is 0. The fourth-order valence-corrected chi connectivity index (χ4v) is 4.30. The van der Waals surface area contributed by atoms with Gasteiger partial charge >= 0.3 is 6.09 Å². The molecule has 1 aromatic carbocycles. The number of hydrogen-bond donors (Lipinski definition) is 2. The molecule has 1 amide bonds. The second-order valence-corrected chi connectivity index (χ2v) is 8.16. The summed E-state index contributed by atoms with van der Waals surface area (Å²) in [4.78, 5) is 16.6. The van der Waals surface area contributed by atoms with Crippen LogP contribution in [0.1, 0.15) is 30.1 Å². The van der Waals surface area contributed by atoms with Crippen molar-refractivity contribution in [3.8, 4) is 23.2 Å². The summed E-state index contributed by atoms with van der Waals surface area (Å²) in [6.45, 7) is 3.35. The lowest BCUT2D eigenvalue weighted by Crippen LogP contribution is -2.29. The molecule has 8 nitrogen and oxygen atoms in total. The molecule has 1 saturated heterocycles. The highest BCUT2D eigenvalue weighted by Gasteiger charge is 2.56. The Morgan fingerprint density at radius 1 is 1.29 bits per heavy atom. The predicted octanol–water partition coefficient (Wildman–Crippen LogP) is 2.85. The molecule has 1 aliphatic heterocycles. The van der Waals surface area contributed by atoms with Gasteiger partial charge in [-0.25, -0.2) is 9.78 Å². The van der Waals surface area contributed by atoms with Crippen molar-refractivity contribution in [2.24, 2.45) is 17.8 Å². The van der Waals surface area contributed by atoms with Crippen molar-refractivity contribution >= 4 is 6.09 Å². The lowest BCUT2D eigenvalue weighted by Gasteiger charge is -2.13. The average Bonchev–Trinajstić information content (AvgIpc) is 3.24. The van der Waals surface area contributed by atoms with Gasteiger partial charge in [0, 0.05) is 48.6 Å². The van der Waals surface area contributed by atoms with Gasteiger partial charge in [-0.05, 0) is 43.0 Å². The average molecular weight is 418 g/mol. The normalized spacial score (nSPS) is 22.5. The minimum Gasteiger partial charge on any atom is -0.465 e. The minimum atomic E-state index is -0.835. The Morgan fingerprint density at radius 3 is 2.71 bits per heavy atom. The predicted molar refractivity (Wildman–Crippen MR) is 111 cm³/mol. The number of likely N-dealkylation sites (tertiary alicyclic amines) is 1. The summed E-state index contributed by atoms with van der Waals surface area (Å²) in [6.07, 6.45) is 1.97. The molecule has 0 spiro atoms. The fourth-order valence-electron chi connectivity index (χ4n) is 4.30. The van der Waals surface area contributed by atoms with Crippen LogP contribution in [-0.2, 0) is 6.54 Å². The first kappa shape index (κ1) is 19.4. The van der Waals surface area contributed by atoms with E-state index in [1.807, 2.05) is 34.9 Å². The van der Waals surface area contributed by atoms with Gasteiger partial charge in [0.2, 0.25) is 0 Å². The first-order valence-corrected chi connectivity index (χ1v) is 10.2. The van der Waals surface area contributed by atoms with E-state index in [0.717, 1.165) is 16.8 Å². The first-order valence-electron chi connectivity index (χ1n) is 10.2. The maximum atomic E-state index is 11.0. The number of amides is 1. The van der Waals surface area contributed by atoms with Crippen LogP contribution in [0.4, 0.5) is 4.79 Å². The number of aliphatic hydroxyl groups excluding tert-OH is 1. The van der Waals surface area contributed by atoms with E-state index in [2.05, 4.69) is 22.0 Å². The molecule has 158 valence electrons. The highest BCUT2D eigenvalue weighted by molar-refractivity contribution is 5.66. The van der Waals surface area contributed by atoms with Gasteiger partial charge < -0.3 is 24.2 Å². The summed E-state index contributed by atoms with van der Waals surface area (Å²) >= 11 is 0. The number of carboxylic acid groups (broad SMARTS) is 1. The van der Waals surface area contributed by atoms with Crippen LogP contribution < -0.4 is 0 Å². The van der Waals surface area contributed by atoms with Crippen molar-refractivity contribution in [3.05, 3.63) is 59.8 Å². The Balaban J connectivity index is 1.22. The highest BCUT2D eigenvalue weighted by Crippen LogP contribution is 2.51. The van der Waals surface area contributed by atoms with E-state index in [0.29, 0.717) is 49.0 Å². The van der Waals surface area contributed by atoms with Crippen molar-refractivity contribution in [1.29, 1.82) is 0 Å². The molecule has 31 heavy (non-hydrogen) atoms. The Hall–Kier alpha value is -3.57. The molecule has 3 aromatic rings. The molecule has 4 atom stereocenters. The van der Waals surface area contributed by atoms with Gasteiger partial charge in [-0.15, -0.1) is 0 Å². The summed E-state index contributed by atoms with van der Waals surface area (Å²) in [5.74, 6) is 8.85. The largest absolute Gasteiger partial charge is 0.465 e. The Labute approximate surface area is 179 Å². The van der Waals surface area contributed by atoms with E-state index in [4.69, 9.17) is 9.63 Å². The van der Waals surface area contributed by atoms with Crippen LogP contribution in [0.15, 0.2) is 47.2 Å². The van der Waals surface area contributed by atoms with E-state index in [9.17, 15) is 9.90 Å². The van der Waals surface area contributed by atoms with Crippen LogP contribution in [0.25, 0.3) is 11.3 Å². The number of fused-ring (bicyclic) bond motifs is 1. The third-order valence-corrected chi connectivity index (χ3v) is 6.03. The van der Waals surface area contributed by atoms with Gasteiger partial charge in [0.25, 0.3) is 0 Å². The first-order chi connectivity index (χ1) is 15.0. The molecule has 2 fully saturated rings. The molecule has 2 aliphatic rings. The molecular weight excluding hydrogens is 396 g/mol. The maximum absolute atomic E-state index is 11.0. The zero-order valence-corrected chi connectivity index (χ0v) is 17.0. The molecule has 0 radical (unpaired) electrons. The number of imidazole rings is 1. The zero-order chi connectivity index (χ0) is 21.5. The van der Waals surface area contributed by atoms with Crippen molar-refractivity contribution < 1.29 is 19.5 Å². The number of aromatic nitrogens is 3. The number of rotatable bonds is 4. The van der Waals surface area contributed by atoms with E-state index >= 15 is 0 Å². The zero-order valence-electron chi connectivity index (χ0n) is 17.0. The highest BCUT2D eigenvalue weighted by atomic mass is 16.5. The summed E-state index contributed by atoms with van der Waals surface area (Å²) in [5.41, 5.74) is 2.57.